The molecule has 0 N–H and O–H groups in total. The van der Waals surface area contributed by atoms with Crippen molar-refractivity contribution in [3.63, 3.8) is 0 Å². The lowest BCUT2D eigenvalue weighted by molar-refractivity contribution is 0.381. The monoisotopic (exact) mass is 303 g/mol. The fraction of sp³-hybridized carbons (Fsp3) is 0. The minimum absolute atomic E-state index is 0.351. The molecule has 0 spiro atoms. The summed E-state index contributed by atoms with van der Waals surface area (Å²) in [4.78, 5) is -3.44. The van der Waals surface area contributed by atoms with Gasteiger partial charge < -0.3 is 0 Å². The van der Waals surface area contributed by atoms with E-state index in [1.807, 2.05) is 0 Å². The molecule has 1 aromatic rings. The Morgan fingerprint density at radius 2 is 1.00 bits per heavy atom. The summed E-state index contributed by atoms with van der Waals surface area (Å²) >= 11 is 0. The van der Waals surface area contributed by atoms with Gasteiger partial charge in [0, 0.05) is 0 Å². The Bertz CT molecular complexity index is 711. The number of rotatable bonds is 0. The van der Waals surface area contributed by atoms with Gasteiger partial charge in [-0.25, -0.2) is 34.4 Å². The lowest BCUT2D eigenvalue weighted by Crippen LogP contribution is -2.27. The molecular weight excluding hydrogens is 301 g/mol. The molecule has 2 rings (SSSR count). The van der Waals surface area contributed by atoms with E-state index in [2.05, 4.69) is 0 Å². The standard InChI is InChI=1S/C6H2BF4NO4S2/c7-12-17(13,14)5-3(10)1(8)2(9)4(11)6(5)18(12,15)16/h7H2. The van der Waals surface area contributed by atoms with E-state index in [9.17, 15) is 34.4 Å². The van der Waals surface area contributed by atoms with Crippen molar-refractivity contribution in [3.05, 3.63) is 23.3 Å². The fourth-order valence-corrected chi connectivity index (χ4v) is 5.35. The smallest absolute Gasteiger partial charge is 0.207 e. The van der Waals surface area contributed by atoms with Crippen molar-refractivity contribution in [2.24, 2.45) is 0 Å². The fourth-order valence-electron chi connectivity index (χ4n) is 1.44. The highest BCUT2D eigenvalue weighted by Gasteiger charge is 2.50. The maximum atomic E-state index is 13.3. The number of fused-ring (bicyclic) bond motifs is 1. The Hall–Kier alpha value is -1.14. The average molecular weight is 303 g/mol. The first kappa shape index (κ1) is 13.3. The highest BCUT2D eigenvalue weighted by Crippen LogP contribution is 2.40. The van der Waals surface area contributed by atoms with Gasteiger partial charge in [-0.15, -0.1) is 3.62 Å². The zero-order chi connectivity index (χ0) is 14.0. The molecule has 1 aromatic carbocycles. The largest absolute Gasteiger partial charge is 0.249 e. The van der Waals surface area contributed by atoms with E-state index in [1.165, 1.54) is 0 Å². The molecule has 0 atom stereocenters. The number of sulfonamides is 2. The summed E-state index contributed by atoms with van der Waals surface area (Å²) in [6, 6.07) is 0. The first-order chi connectivity index (χ1) is 8.04. The molecule has 0 radical (unpaired) electrons. The summed E-state index contributed by atoms with van der Waals surface area (Å²) in [5.41, 5.74) is 0. The van der Waals surface area contributed by atoms with Crippen LogP contribution in [0.4, 0.5) is 17.6 Å². The van der Waals surface area contributed by atoms with E-state index in [-0.39, 0.29) is 3.62 Å². The normalized spacial score (nSPS) is 20.9. The maximum absolute atomic E-state index is 13.3. The van der Waals surface area contributed by atoms with Crippen LogP contribution < -0.4 is 0 Å². The van der Waals surface area contributed by atoms with E-state index < -0.39 is 53.1 Å². The van der Waals surface area contributed by atoms with Gasteiger partial charge in [0.1, 0.15) is 9.79 Å². The van der Waals surface area contributed by atoms with E-state index in [0.717, 1.165) is 0 Å². The van der Waals surface area contributed by atoms with E-state index in [1.54, 1.807) is 0 Å². The topological polar surface area (TPSA) is 71.5 Å². The van der Waals surface area contributed by atoms with Crippen LogP contribution in [0.1, 0.15) is 0 Å². The predicted octanol–water partition coefficient (Wildman–Crippen LogP) is -0.516. The first-order valence-corrected chi connectivity index (χ1v) is 7.02. The van der Waals surface area contributed by atoms with Crippen LogP contribution in [0.3, 0.4) is 0 Å². The lowest BCUT2D eigenvalue weighted by atomic mass is 10.3. The van der Waals surface area contributed by atoms with Crippen LogP contribution in [0, 0.1) is 23.3 Å². The number of benzene rings is 1. The van der Waals surface area contributed by atoms with Crippen LogP contribution in [-0.2, 0) is 20.0 Å². The van der Waals surface area contributed by atoms with Crippen molar-refractivity contribution in [2.45, 2.75) is 9.79 Å². The van der Waals surface area contributed by atoms with Gasteiger partial charge >= 0.3 is 0 Å². The maximum Gasteiger partial charge on any atom is 0.249 e. The van der Waals surface area contributed by atoms with Gasteiger partial charge in [-0.05, 0) is 0 Å². The van der Waals surface area contributed by atoms with Gasteiger partial charge in [0.15, 0.2) is 23.3 Å². The summed E-state index contributed by atoms with van der Waals surface area (Å²) in [7, 11) is -9.42. The van der Waals surface area contributed by atoms with Crippen LogP contribution in [0.15, 0.2) is 9.79 Å². The Labute approximate surface area is 99.5 Å². The van der Waals surface area contributed by atoms with Crippen molar-refractivity contribution < 1.29 is 34.4 Å². The first-order valence-electron chi connectivity index (χ1n) is 4.14. The Morgan fingerprint density at radius 3 is 1.28 bits per heavy atom. The second-order valence-electron chi connectivity index (χ2n) is 3.30. The van der Waals surface area contributed by atoms with Gasteiger partial charge in [0.25, 0.3) is 0 Å². The molecule has 0 unspecified atom stereocenters. The molecule has 1 aliphatic rings. The highest BCUT2D eigenvalue weighted by atomic mass is 32.3. The van der Waals surface area contributed by atoms with Gasteiger partial charge in [-0.2, -0.15) is 0 Å². The second kappa shape index (κ2) is 3.45. The third kappa shape index (κ3) is 1.30. The zero-order valence-corrected chi connectivity index (χ0v) is 10.0. The van der Waals surface area contributed by atoms with Crippen molar-refractivity contribution >= 4 is 28.0 Å². The Kier molecular flexibility index (Phi) is 2.55. The molecule has 0 saturated carbocycles. The number of halogens is 4. The molecule has 5 nitrogen and oxygen atoms in total. The van der Waals surface area contributed by atoms with E-state index >= 15 is 0 Å². The van der Waals surface area contributed by atoms with Gasteiger partial charge in [0.2, 0.25) is 28.0 Å². The van der Waals surface area contributed by atoms with Crippen LogP contribution in [0.25, 0.3) is 0 Å². The molecule has 0 bridgehead atoms. The SMILES string of the molecule is BN1S(=O)(=O)c2c(F)c(F)c(F)c(F)c2S1(=O)=O. The molecule has 0 saturated heterocycles. The summed E-state index contributed by atoms with van der Waals surface area (Å²) in [5, 5.41) is 0. The van der Waals surface area contributed by atoms with E-state index in [4.69, 9.17) is 0 Å². The zero-order valence-electron chi connectivity index (χ0n) is 8.41. The molecule has 0 aliphatic carbocycles. The summed E-state index contributed by atoms with van der Waals surface area (Å²) in [6.45, 7) is 0. The van der Waals surface area contributed by atoms with Crippen molar-refractivity contribution in [1.82, 2.24) is 3.62 Å². The number of hydrogen-bond acceptors (Lipinski definition) is 4. The quantitative estimate of drug-likeness (QED) is 0.280. The molecule has 18 heavy (non-hydrogen) atoms. The van der Waals surface area contributed by atoms with Crippen LogP contribution in [0.2, 0.25) is 0 Å². The Balaban J connectivity index is 3.17. The molecule has 98 valence electrons. The van der Waals surface area contributed by atoms with Crippen molar-refractivity contribution in [3.8, 4) is 0 Å². The average Bonchev–Trinajstić information content (AvgIpc) is 2.41. The van der Waals surface area contributed by atoms with Crippen LogP contribution in [0.5, 0.6) is 0 Å². The molecule has 1 aliphatic heterocycles. The second-order valence-corrected chi connectivity index (χ2v) is 7.35. The third-order valence-electron chi connectivity index (χ3n) is 2.38. The molecular formula is C6H2BF4NO4S2. The summed E-state index contributed by atoms with van der Waals surface area (Å²) < 4.78 is 98.0. The number of hydrogen-bond donors (Lipinski definition) is 0. The molecule has 1 heterocycles. The van der Waals surface area contributed by atoms with Crippen molar-refractivity contribution in [1.29, 1.82) is 0 Å². The minimum Gasteiger partial charge on any atom is -0.207 e. The number of nitrogens with zero attached hydrogens (tertiary/aromatic N) is 1. The van der Waals surface area contributed by atoms with Crippen molar-refractivity contribution in [2.75, 3.05) is 0 Å². The highest BCUT2D eigenvalue weighted by molar-refractivity contribution is 8.08. The van der Waals surface area contributed by atoms with Gasteiger partial charge in [-0.3, -0.25) is 0 Å². The summed E-state index contributed by atoms with van der Waals surface area (Å²) in [5.74, 6) is -9.31. The predicted molar refractivity (Wildman–Crippen MR) is 51.0 cm³/mol. The van der Waals surface area contributed by atoms with Gasteiger partial charge in [-0.1, -0.05) is 0 Å². The molecule has 12 heteroatoms. The minimum atomic E-state index is -4.96. The van der Waals surface area contributed by atoms with Crippen LogP contribution in [-0.4, -0.2) is 28.4 Å². The molecule has 0 amide bonds. The Morgan fingerprint density at radius 1 is 0.722 bits per heavy atom. The molecule has 0 fully saturated rings. The van der Waals surface area contributed by atoms with Gasteiger partial charge in [0.05, 0.1) is 0 Å². The van der Waals surface area contributed by atoms with Crippen LogP contribution >= 0.6 is 0 Å². The lowest BCUT2D eigenvalue weighted by Gasteiger charge is -2.05. The molecule has 0 aromatic heterocycles. The summed E-state index contributed by atoms with van der Waals surface area (Å²) in [6.07, 6.45) is 0. The third-order valence-corrected chi connectivity index (χ3v) is 6.84. The van der Waals surface area contributed by atoms with E-state index in [0.29, 0.717) is 7.98 Å².